The first kappa shape index (κ1) is 15.3. The molecule has 2 unspecified atom stereocenters. The van der Waals surface area contributed by atoms with Gasteiger partial charge in [-0.25, -0.2) is 0 Å². The number of nitrogens with two attached hydrogens (primary N) is 1. The average molecular weight is 293 g/mol. The van der Waals surface area contributed by atoms with Crippen molar-refractivity contribution < 1.29 is 4.79 Å². The topological polar surface area (TPSA) is 58.4 Å². The Morgan fingerprint density at radius 3 is 2.57 bits per heavy atom. The van der Waals surface area contributed by atoms with Crippen molar-refractivity contribution >= 4 is 5.91 Å². The van der Waals surface area contributed by atoms with Crippen LogP contribution in [-0.2, 0) is 4.79 Å². The zero-order chi connectivity index (χ0) is 14.9. The number of nitrogens with zero attached hydrogens (tertiary/aromatic N) is 1. The first-order chi connectivity index (χ1) is 10.1. The second-order valence-corrected chi connectivity index (χ2v) is 7.69. The first-order valence-corrected chi connectivity index (χ1v) is 8.86. The maximum Gasteiger partial charge on any atom is 0.238 e. The number of rotatable bonds is 8. The van der Waals surface area contributed by atoms with Crippen LogP contribution in [0.4, 0.5) is 0 Å². The minimum Gasteiger partial charge on any atom is -0.368 e. The van der Waals surface area contributed by atoms with E-state index in [0.717, 1.165) is 38.1 Å². The van der Waals surface area contributed by atoms with Gasteiger partial charge in [-0.1, -0.05) is 12.8 Å². The molecule has 4 heteroatoms. The molecule has 3 N–H and O–H groups in total. The fourth-order valence-electron chi connectivity index (χ4n) is 4.23. The van der Waals surface area contributed by atoms with Gasteiger partial charge in [-0.2, -0.15) is 0 Å². The number of carbonyl (C=O) groups excluding carboxylic acids is 1. The van der Waals surface area contributed by atoms with E-state index in [9.17, 15) is 4.79 Å². The summed E-state index contributed by atoms with van der Waals surface area (Å²) in [6.07, 6.45) is 11.0. The lowest BCUT2D eigenvalue weighted by molar-refractivity contribution is -0.126. The number of primary amides is 1. The van der Waals surface area contributed by atoms with Crippen LogP contribution in [0.1, 0.15) is 57.8 Å². The number of nitrogens with one attached hydrogen (secondary N) is 1. The van der Waals surface area contributed by atoms with Gasteiger partial charge in [0.2, 0.25) is 5.91 Å². The Labute approximate surface area is 128 Å². The highest BCUT2D eigenvalue weighted by molar-refractivity contribution is 5.85. The largest absolute Gasteiger partial charge is 0.368 e. The Balaban J connectivity index is 1.53. The highest BCUT2D eigenvalue weighted by atomic mass is 16.1. The van der Waals surface area contributed by atoms with Crippen LogP contribution in [0.2, 0.25) is 0 Å². The number of hydrogen-bond acceptors (Lipinski definition) is 3. The van der Waals surface area contributed by atoms with Gasteiger partial charge in [0.15, 0.2) is 0 Å². The molecule has 0 bridgehead atoms. The van der Waals surface area contributed by atoms with E-state index >= 15 is 0 Å². The molecule has 4 nitrogen and oxygen atoms in total. The molecule has 3 aliphatic carbocycles. The molecule has 120 valence electrons. The molecule has 0 saturated heterocycles. The fourth-order valence-corrected chi connectivity index (χ4v) is 4.23. The molecule has 0 heterocycles. The molecule has 1 amide bonds. The number of amides is 1. The standard InChI is InChI=1S/C17H31N3O/c1-20(12-13-4-2-5-13)11-9-14-6-3-10-17(14,16(18)21)19-15-7-8-15/h13-15,19H,2-12H2,1H3,(H2,18,21). The molecule has 0 spiro atoms. The molecular weight excluding hydrogens is 262 g/mol. The van der Waals surface area contributed by atoms with Crippen LogP contribution in [-0.4, -0.2) is 42.5 Å². The van der Waals surface area contributed by atoms with Gasteiger partial charge < -0.3 is 16.0 Å². The Hall–Kier alpha value is -0.610. The lowest BCUT2D eigenvalue weighted by Crippen LogP contribution is -2.59. The van der Waals surface area contributed by atoms with Crippen molar-refractivity contribution in [2.75, 3.05) is 20.1 Å². The summed E-state index contributed by atoms with van der Waals surface area (Å²) in [5.41, 5.74) is 5.40. The molecule has 3 saturated carbocycles. The Morgan fingerprint density at radius 2 is 2.00 bits per heavy atom. The van der Waals surface area contributed by atoms with E-state index in [1.54, 1.807) is 0 Å². The molecule has 2 atom stereocenters. The number of hydrogen-bond donors (Lipinski definition) is 2. The molecule has 0 aliphatic heterocycles. The molecule has 0 aromatic heterocycles. The Morgan fingerprint density at radius 1 is 1.24 bits per heavy atom. The minimum absolute atomic E-state index is 0.112. The molecule has 3 aliphatic rings. The first-order valence-electron chi connectivity index (χ1n) is 8.86. The van der Waals surface area contributed by atoms with Crippen molar-refractivity contribution in [3.63, 3.8) is 0 Å². The third kappa shape index (κ3) is 3.42. The molecule has 3 fully saturated rings. The summed E-state index contributed by atoms with van der Waals surface area (Å²) in [6.45, 7) is 2.33. The SMILES string of the molecule is CN(CCC1CCCC1(NC1CC1)C(N)=O)CC1CCC1. The molecular formula is C17H31N3O. The second kappa shape index (κ2) is 6.25. The Bertz CT molecular complexity index is 378. The predicted molar refractivity (Wildman–Crippen MR) is 84.9 cm³/mol. The van der Waals surface area contributed by atoms with Crippen molar-refractivity contribution in [3.8, 4) is 0 Å². The normalized spacial score (nSPS) is 33.3. The van der Waals surface area contributed by atoms with Crippen molar-refractivity contribution in [1.29, 1.82) is 0 Å². The van der Waals surface area contributed by atoms with Crippen LogP contribution in [0.5, 0.6) is 0 Å². The van der Waals surface area contributed by atoms with Gasteiger partial charge in [0, 0.05) is 12.6 Å². The second-order valence-electron chi connectivity index (χ2n) is 7.69. The third-order valence-electron chi connectivity index (χ3n) is 5.95. The van der Waals surface area contributed by atoms with Crippen molar-refractivity contribution in [2.45, 2.75) is 69.4 Å². The van der Waals surface area contributed by atoms with E-state index in [4.69, 9.17) is 5.73 Å². The zero-order valence-corrected chi connectivity index (χ0v) is 13.4. The summed E-state index contributed by atoms with van der Waals surface area (Å²) in [5, 5.41) is 3.61. The van der Waals surface area contributed by atoms with E-state index in [1.165, 1.54) is 38.6 Å². The highest BCUT2D eigenvalue weighted by Gasteiger charge is 2.49. The summed E-state index contributed by atoms with van der Waals surface area (Å²) < 4.78 is 0. The van der Waals surface area contributed by atoms with Crippen LogP contribution in [0.3, 0.4) is 0 Å². The van der Waals surface area contributed by atoms with E-state index in [2.05, 4.69) is 17.3 Å². The van der Waals surface area contributed by atoms with Gasteiger partial charge in [0.1, 0.15) is 5.54 Å². The van der Waals surface area contributed by atoms with Gasteiger partial charge in [-0.3, -0.25) is 4.79 Å². The van der Waals surface area contributed by atoms with Gasteiger partial charge in [0.25, 0.3) is 0 Å². The molecule has 0 aromatic carbocycles. The van der Waals surface area contributed by atoms with Gasteiger partial charge >= 0.3 is 0 Å². The minimum atomic E-state index is -0.404. The zero-order valence-electron chi connectivity index (χ0n) is 13.4. The summed E-state index contributed by atoms with van der Waals surface area (Å²) in [4.78, 5) is 14.6. The van der Waals surface area contributed by atoms with Crippen LogP contribution in [0.25, 0.3) is 0 Å². The maximum atomic E-state index is 12.1. The van der Waals surface area contributed by atoms with Crippen molar-refractivity contribution in [2.24, 2.45) is 17.6 Å². The van der Waals surface area contributed by atoms with Gasteiger partial charge in [0.05, 0.1) is 0 Å². The van der Waals surface area contributed by atoms with Crippen LogP contribution in [0, 0.1) is 11.8 Å². The van der Waals surface area contributed by atoms with Gasteiger partial charge in [-0.05, 0) is 70.4 Å². The van der Waals surface area contributed by atoms with E-state index in [-0.39, 0.29) is 5.91 Å². The van der Waals surface area contributed by atoms with Crippen LogP contribution >= 0.6 is 0 Å². The van der Waals surface area contributed by atoms with E-state index < -0.39 is 5.54 Å². The molecule has 0 aromatic rings. The average Bonchev–Trinajstić information content (AvgIpc) is 3.10. The summed E-state index contributed by atoms with van der Waals surface area (Å²) in [7, 11) is 2.23. The quantitative estimate of drug-likeness (QED) is 0.718. The monoisotopic (exact) mass is 293 g/mol. The van der Waals surface area contributed by atoms with Crippen molar-refractivity contribution in [1.82, 2.24) is 10.2 Å². The number of carbonyl (C=O) groups is 1. The maximum absolute atomic E-state index is 12.1. The summed E-state index contributed by atoms with van der Waals surface area (Å²) >= 11 is 0. The van der Waals surface area contributed by atoms with Crippen LogP contribution in [0.15, 0.2) is 0 Å². The lowest BCUT2D eigenvalue weighted by atomic mass is 9.83. The predicted octanol–water partition coefficient (Wildman–Crippen LogP) is 1.88. The fraction of sp³-hybridized carbons (Fsp3) is 0.941. The summed E-state index contributed by atoms with van der Waals surface area (Å²) in [5.74, 6) is 1.24. The third-order valence-corrected chi connectivity index (χ3v) is 5.95. The lowest BCUT2D eigenvalue weighted by Gasteiger charge is -2.36. The van der Waals surface area contributed by atoms with Gasteiger partial charge in [-0.15, -0.1) is 0 Å². The van der Waals surface area contributed by atoms with Crippen molar-refractivity contribution in [3.05, 3.63) is 0 Å². The molecule has 21 heavy (non-hydrogen) atoms. The van der Waals surface area contributed by atoms with E-state index in [1.807, 2.05) is 0 Å². The smallest absolute Gasteiger partial charge is 0.238 e. The molecule has 0 radical (unpaired) electrons. The van der Waals surface area contributed by atoms with E-state index in [0.29, 0.717) is 12.0 Å². The summed E-state index contributed by atoms with van der Waals surface area (Å²) in [6, 6.07) is 0.547. The highest BCUT2D eigenvalue weighted by Crippen LogP contribution is 2.40. The molecule has 3 rings (SSSR count). The van der Waals surface area contributed by atoms with Crippen LogP contribution < -0.4 is 11.1 Å². The Kier molecular flexibility index (Phi) is 4.55.